The number of aryl methyl sites for hydroxylation is 1. The topological polar surface area (TPSA) is 52.5 Å². The van der Waals surface area contributed by atoms with E-state index < -0.39 is 5.60 Å². The molecule has 2 aromatic rings. The van der Waals surface area contributed by atoms with Gasteiger partial charge in [-0.25, -0.2) is 4.79 Å². The fraction of sp³-hybridized carbons (Fsp3) is 0.471. The lowest BCUT2D eigenvalue weighted by Gasteiger charge is -2.19. The summed E-state index contributed by atoms with van der Waals surface area (Å²) >= 11 is 0. The molecule has 0 aliphatic carbocycles. The molecule has 0 aliphatic heterocycles. The van der Waals surface area contributed by atoms with Gasteiger partial charge in [-0.3, -0.25) is 0 Å². The number of ether oxygens (including phenoxy) is 2. The van der Waals surface area contributed by atoms with Crippen LogP contribution >= 0.6 is 0 Å². The molecule has 5 heteroatoms. The highest BCUT2D eigenvalue weighted by Gasteiger charge is 2.16. The molecular formula is C17H24N2O3. The van der Waals surface area contributed by atoms with Crippen LogP contribution in [0.5, 0.6) is 5.75 Å². The Bertz CT molecular complexity index is 668. The van der Waals surface area contributed by atoms with Gasteiger partial charge < -0.3 is 19.4 Å². The highest BCUT2D eigenvalue weighted by molar-refractivity contribution is 5.85. The minimum Gasteiger partial charge on any atom is -0.497 e. The predicted octanol–water partition coefficient (Wildman–Crippen LogP) is 3.25. The Kier molecular flexibility index (Phi) is 4.64. The van der Waals surface area contributed by atoms with E-state index in [-0.39, 0.29) is 6.09 Å². The molecule has 1 aromatic carbocycles. The number of methoxy groups -OCH3 is 1. The monoisotopic (exact) mass is 304 g/mol. The van der Waals surface area contributed by atoms with Crippen LogP contribution in [0.3, 0.4) is 0 Å². The second kappa shape index (κ2) is 6.30. The maximum atomic E-state index is 11.7. The lowest BCUT2D eigenvalue weighted by atomic mass is 10.1. The number of alkyl carbamates (subject to hydrolysis) is 1. The number of rotatable bonds is 4. The van der Waals surface area contributed by atoms with Crippen LogP contribution in [0.1, 0.15) is 26.3 Å². The number of hydrogen-bond acceptors (Lipinski definition) is 3. The van der Waals surface area contributed by atoms with Gasteiger partial charge in [-0.1, -0.05) is 0 Å². The second-order valence-corrected chi connectivity index (χ2v) is 6.33. The maximum absolute atomic E-state index is 11.7. The van der Waals surface area contributed by atoms with Crippen LogP contribution in [0.15, 0.2) is 24.4 Å². The minimum absolute atomic E-state index is 0.384. The minimum atomic E-state index is -0.475. The highest BCUT2D eigenvalue weighted by atomic mass is 16.6. The summed E-state index contributed by atoms with van der Waals surface area (Å²) in [4.78, 5) is 11.7. The van der Waals surface area contributed by atoms with Crippen LogP contribution < -0.4 is 10.1 Å². The average molecular weight is 304 g/mol. The van der Waals surface area contributed by atoms with Crippen LogP contribution in [0.25, 0.3) is 10.9 Å². The van der Waals surface area contributed by atoms with Crippen LogP contribution in [0.2, 0.25) is 0 Å². The Balaban J connectivity index is 2.04. The quantitative estimate of drug-likeness (QED) is 0.943. The molecular weight excluding hydrogens is 280 g/mol. The fourth-order valence-electron chi connectivity index (χ4n) is 2.39. The molecule has 0 radical (unpaired) electrons. The Morgan fingerprint density at radius 1 is 1.32 bits per heavy atom. The molecule has 0 fully saturated rings. The first-order valence-corrected chi connectivity index (χ1v) is 7.39. The highest BCUT2D eigenvalue weighted by Crippen LogP contribution is 2.25. The van der Waals surface area contributed by atoms with Gasteiger partial charge >= 0.3 is 6.09 Å². The van der Waals surface area contributed by atoms with Crippen molar-refractivity contribution in [1.82, 2.24) is 9.88 Å². The smallest absolute Gasteiger partial charge is 0.407 e. The number of nitrogens with zero attached hydrogens (tertiary/aromatic N) is 1. The van der Waals surface area contributed by atoms with Crippen molar-refractivity contribution in [3.8, 4) is 5.75 Å². The van der Waals surface area contributed by atoms with Gasteiger partial charge in [0.05, 0.1) is 7.11 Å². The largest absolute Gasteiger partial charge is 0.497 e. The summed E-state index contributed by atoms with van der Waals surface area (Å²) < 4.78 is 12.6. The summed E-state index contributed by atoms with van der Waals surface area (Å²) in [5.41, 5.74) is 1.84. The van der Waals surface area contributed by atoms with Crippen molar-refractivity contribution >= 4 is 17.0 Å². The summed E-state index contributed by atoms with van der Waals surface area (Å²) in [6, 6.07) is 6.02. The van der Waals surface area contributed by atoms with E-state index in [0.717, 1.165) is 23.1 Å². The van der Waals surface area contributed by atoms with E-state index in [2.05, 4.69) is 16.1 Å². The van der Waals surface area contributed by atoms with E-state index in [1.54, 1.807) is 7.11 Å². The first-order valence-electron chi connectivity index (χ1n) is 7.39. The molecule has 22 heavy (non-hydrogen) atoms. The lowest BCUT2D eigenvalue weighted by Crippen LogP contribution is -2.33. The van der Waals surface area contributed by atoms with Crippen molar-refractivity contribution < 1.29 is 14.3 Å². The Labute approximate surface area is 131 Å². The Morgan fingerprint density at radius 3 is 2.68 bits per heavy atom. The molecule has 1 amide bonds. The van der Waals surface area contributed by atoms with E-state index >= 15 is 0 Å². The number of amides is 1. The molecule has 120 valence electrons. The number of nitrogens with one attached hydrogen (secondary N) is 1. The standard InChI is InChI=1S/C17H24N2O3/c1-17(2,3)22-16(20)18-9-8-12-11-19(4)15-7-6-13(21-5)10-14(12)15/h6-7,10-11H,8-9H2,1-5H3,(H,18,20). The van der Waals surface area contributed by atoms with Crippen molar-refractivity contribution in [1.29, 1.82) is 0 Å². The number of hydrogen-bond donors (Lipinski definition) is 1. The molecule has 0 spiro atoms. The van der Waals surface area contributed by atoms with Gasteiger partial charge in [0.25, 0.3) is 0 Å². The number of carbonyl (C=O) groups excluding carboxylic acids is 1. The second-order valence-electron chi connectivity index (χ2n) is 6.33. The van der Waals surface area contributed by atoms with Gasteiger partial charge in [-0.2, -0.15) is 0 Å². The molecule has 2 rings (SSSR count). The number of carbonyl (C=O) groups is 1. The van der Waals surface area contributed by atoms with Crippen molar-refractivity contribution in [3.63, 3.8) is 0 Å². The van der Waals surface area contributed by atoms with Gasteiger partial charge in [0.1, 0.15) is 11.4 Å². The summed E-state index contributed by atoms with van der Waals surface area (Å²) in [6.07, 6.45) is 2.44. The van der Waals surface area contributed by atoms with Crippen LogP contribution in [0, 0.1) is 0 Å². The van der Waals surface area contributed by atoms with Crippen LogP contribution in [0.4, 0.5) is 4.79 Å². The molecule has 1 heterocycles. The zero-order valence-electron chi connectivity index (χ0n) is 13.9. The van der Waals surface area contributed by atoms with Gasteiger partial charge in [0, 0.05) is 30.7 Å². The third-order valence-corrected chi connectivity index (χ3v) is 3.34. The summed E-state index contributed by atoms with van der Waals surface area (Å²) in [5, 5.41) is 3.93. The number of fused-ring (bicyclic) bond motifs is 1. The van der Waals surface area contributed by atoms with E-state index in [1.165, 1.54) is 5.56 Å². The van der Waals surface area contributed by atoms with Gasteiger partial charge in [-0.15, -0.1) is 0 Å². The lowest BCUT2D eigenvalue weighted by molar-refractivity contribution is 0.0528. The maximum Gasteiger partial charge on any atom is 0.407 e. The van der Waals surface area contributed by atoms with E-state index in [9.17, 15) is 4.79 Å². The van der Waals surface area contributed by atoms with Gasteiger partial charge in [-0.05, 0) is 51.0 Å². The number of aromatic nitrogens is 1. The zero-order chi connectivity index (χ0) is 16.3. The summed E-state index contributed by atoms with van der Waals surface area (Å²) in [5.74, 6) is 0.833. The molecule has 0 saturated carbocycles. The van der Waals surface area contributed by atoms with Crippen LogP contribution in [-0.2, 0) is 18.2 Å². The third kappa shape index (κ3) is 3.93. The SMILES string of the molecule is COc1ccc2c(c1)c(CCNC(=O)OC(C)(C)C)cn2C. The normalized spacial score (nSPS) is 11.5. The van der Waals surface area contributed by atoms with E-state index in [1.807, 2.05) is 46.0 Å². The van der Waals surface area contributed by atoms with Crippen molar-refractivity contribution in [2.45, 2.75) is 32.8 Å². The fourth-order valence-corrected chi connectivity index (χ4v) is 2.39. The third-order valence-electron chi connectivity index (χ3n) is 3.34. The molecule has 0 aliphatic rings. The van der Waals surface area contributed by atoms with E-state index in [4.69, 9.17) is 9.47 Å². The average Bonchev–Trinajstić information content (AvgIpc) is 2.73. The molecule has 0 atom stereocenters. The van der Waals surface area contributed by atoms with Gasteiger partial charge in [0.2, 0.25) is 0 Å². The molecule has 1 aromatic heterocycles. The summed E-state index contributed by atoms with van der Waals surface area (Å²) in [7, 11) is 3.67. The first kappa shape index (κ1) is 16.2. The predicted molar refractivity (Wildman–Crippen MR) is 87.4 cm³/mol. The van der Waals surface area contributed by atoms with Crippen molar-refractivity contribution in [2.75, 3.05) is 13.7 Å². The zero-order valence-corrected chi connectivity index (χ0v) is 13.9. The number of benzene rings is 1. The first-order chi connectivity index (χ1) is 10.3. The molecule has 5 nitrogen and oxygen atoms in total. The van der Waals surface area contributed by atoms with Gasteiger partial charge in [0.15, 0.2) is 0 Å². The molecule has 0 saturated heterocycles. The Morgan fingerprint density at radius 2 is 2.05 bits per heavy atom. The van der Waals surface area contributed by atoms with Crippen molar-refractivity contribution in [2.24, 2.45) is 7.05 Å². The van der Waals surface area contributed by atoms with Crippen LogP contribution in [-0.4, -0.2) is 29.9 Å². The molecule has 0 bridgehead atoms. The van der Waals surface area contributed by atoms with Crippen molar-refractivity contribution in [3.05, 3.63) is 30.0 Å². The molecule has 0 unspecified atom stereocenters. The summed E-state index contributed by atoms with van der Waals surface area (Å²) in [6.45, 7) is 6.09. The molecule has 1 N–H and O–H groups in total. The van der Waals surface area contributed by atoms with E-state index in [0.29, 0.717) is 6.54 Å². The Hall–Kier alpha value is -2.17.